The molecule has 0 saturated carbocycles. The smallest absolute Gasteiger partial charge is 0.269 e. The highest BCUT2D eigenvalue weighted by Gasteiger charge is 2.13. The Hall–Kier alpha value is -4.50. The molecule has 2 aromatic carbocycles. The molecule has 0 aliphatic carbocycles. The van der Waals surface area contributed by atoms with Gasteiger partial charge in [0.05, 0.1) is 27.7 Å². The molecule has 0 fully saturated rings. The van der Waals surface area contributed by atoms with Gasteiger partial charge in [-0.1, -0.05) is 12.1 Å². The Kier molecular flexibility index (Phi) is 7.26. The van der Waals surface area contributed by atoms with Crippen molar-refractivity contribution < 1.29 is 10.0 Å². The third-order valence-electron chi connectivity index (χ3n) is 5.02. The van der Waals surface area contributed by atoms with E-state index in [1.165, 1.54) is 24.3 Å². The normalized spacial score (nSPS) is 11.2. The second-order valence-electron chi connectivity index (χ2n) is 7.57. The Morgan fingerprint density at radius 1 is 0.794 bits per heavy atom. The SMILES string of the molecule is O=[N+]([O-])c1ccc(/N=N/c2ccc(O)c(CN(Cc3ccccn3)Cc3ccccn3)c2)cc1. The number of phenols is 1. The first-order valence-electron chi connectivity index (χ1n) is 10.6. The molecule has 2 heterocycles. The van der Waals surface area contributed by atoms with Crippen LogP contribution in [-0.4, -0.2) is 24.9 Å². The number of rotatable bonds is 9. The van der Waals surface area contributed by atoms with E-state index in [-0.39, 0.29) is 11.4 Å². The molecular weight excluding hydrogens is 432 g/mol. The first-order valence-corrected chi connectivity index (χ1v) is 10.6. The quantitative estimate of drug-likeness (QED) is 0.197. The number of nitro groups is 1. The van der Waals surface area contributed by atoms with Crippen LogP contribution in [0.5, 0.6) is 5.75 Å². The van der Waals surface area contributed by atoms with Crippen molar-refractivity contribution in [3.05, 3.63) is 118 Å². The molecule has 0 amide bonds. The Bertz CT molecular complexity index is 1220. The van der Waals surface area contributed by atoms with Gasteiger partial charge >= 0.3 is 0 Å². The molecule has 0 saturated heterocycles. The molecule has 9 nitrogen and oxygen atoms in total. The fraction of sp³-hybridized carbons (Fsp3) is 0.120. The van der Waals surface area contributed by atoms with Crippen LogP contribution in [0.3, 0.4) is 0 Å². The van der Waals surface area contributed by atoms with Gasteiger partial charge in [0.15, 0.2) is 0 Å². The van der Waals surface area contributed by atoms with Crippen molar-refractivity contribution in [1.82, 2.24) is 14.9 Å². The lowest BCUT2D eigenvalue weighted by Crippen LogP contribution is -2.23. The van der Waals surface area contributed by atoms with Gasteiger partial charge in [0.25, 0.3) is 5.69 Å². The molecular formula is C25H22N6O3. The molecule has 0 atom stereocenters. The second-order valence-corrected chi connectivity index (χ2v) is 7.57. The maximum Gasteiger partial charge on any atom is 0.269 e. The van der Waals surface area contributed by atoms with E-state index < -0.39 is 4.92 Å². The number of non-ortho nitro benzene ring substituents is 1. The van der Waals surface area contributed by atoms with Crippen molar-refractivity contribution in [1.29, 1.82) is 0 Å². The summed E-state index contributed by atoms with van der Waals surface area (Å²) in [5.41, 5.74) is 3.55. The van der Waals surface area contributed by atoms with Gasteiger partial charge in [-0.3, -0.25) is 25.0 Å². The molecule has 0 bridgehead atoms. The highest BCUT2D eigenvalue weighted by atomic mass is 16.6. The second kappa shape index (κ2) is 10.9. The van der Waals surface area contributed by atoms with Crippen molar-refractivity contribution in [3.8, 4) is 5.75 Å². The summed E-state index contributed by atoms with van der Waals surface area (Å²) >= 11 is 0. The van der Waals surface area contributed by atoms with Crippen molar-refractivity contribution in [2.24, 2.45) is 10.2 Å². The van der Waals surface area contributed by atoms with Gasteiger partial charge in [-0.2, -0.15) is 10.2 Å². The number of azo groups is 1. The summed E-state index contributed by atoms with van der Waals surface area (Å²) in [6.07, 6.45) is 3.51. The molecule has 170 valence electrons. The number of nitrogens with zero attached hydrogens (tertiary/aromatic N) is 6. The van der Waals surface area contributed by atoms with Gasteiger partial charge in [-0.15, -0.1) is 0 Å². The Labute approximate surface area is 196 Å². The number of benzene rings is 2. The number of nitro benzene ring substituents is 1. The zero-order valence-electron chi connectivity index (χ0n) is 18.2. The molecule has 0 unspecified atom stereocenters. The van der Waals surface area contributed by atoms with E-state index in [2.05, 4.69) is 25.1 Å². The number of aromatic hydroxyl groups is 1. The van der Waals surface area contributed by atoms with E-state index in [1.54, 1.807) is 30.6 Å². The first kappa shape index (κ1) is 22.7. The van der Waals surface area contributed by atoms with Crippen molar-refractivity contribution >= 4 is 17.1 Å². The van der Waals surface area contributed by atoms with E-state index in [0.717, 1.165) is 11.4 Å². The molecule has 0 aliphatic rings. The Morgan fingerprint density at radius 2 is 1.38 bits per heavy atom. The minimum Gasteiger partial charge on any atom is -0.508 e. The van der Waals surface area contributed by atoms with Crippen LogP contribution in [0.4, 0.5) is 17.1 Å². The predicted molar refractivity (Wildman–Crippen MR) is 127 cm³/mol. The van der Waals surface area contributed by atoms with E-state index in [4.69, 9.17) is 0 Å². The van der Waals surface area contributed by atoms with Gasteiger partial charge in [-0.25, -0.2) is 0 Å². The highest BCUT2D eigenvalue weighted by molar-refractivity contribution is 5.48. The van der Waals surface area contributed by atoms with Crippen molar-refractivity contribution in [3.63, 3.8) is 0 Å². The average molecular weight is 454 g/mol. The minimum atomic E-state index is -0.463. The van der Waals surface area contributed by atoms with Gasteiger partial charge in [0, 0.05) is 49.7 Å². The van der Waals surface area contributed by atoms with Crippen LogP contribution in [-0.2, 0) is 19.6 Å². The first-order chi connectivity index (χ1) is 16.6. The fourth-order valence-corrected chi connectivity index (χ4v) is 3.37. The Morgan fingerprint density at radius 3 is 1.94 bits per heavy atom. The van der Waals surface area contributed by atoms with E-state index in [1.807, 2.05) is 36.4 Å². The van der Waals surface area contributed by atoms with Crippen LogP contribution in [0.25, 0.3) is 0 Å². The van der Waals surface area contributed by atoms with Crippen molar-refractivity contribution in [2.45, 2.75) is 19.6 Å². The lowest BCUT2D eigenvalue weighted by atomic mass is 10.1. The van der Waals surface area contributed by atoms with Crippen LogP contribution in [0, 0.1) is 10.1 Å². The summed E-state index contributed by atoms with van der Waals surface area (Å²) in [7, 11) is 0. The third-order valence-corrected chi connectivity index (χ3v) is 5.02. The van der Waals surface area contributed by atoms with Crippen LogP contribution in [0.2, 0.25) is 0 Å². The number of aromatic nitrogens is 2. The molecule has 0 spiro atoms. The monoisotopic (exact) mass is 454 g/mol. The zero-order chi connectivity index (χ0) is 23.8. The molecule has 1 N–H and O–H groups in total. The number of hydrogen-bond acceptors (Lipinski definition) is 8. The summed E-state index contributed by atoms with van der Waals surface area (Å²) in [4.78, 5) is 21.3. The predicted octanol–water partition coefficient (Wildman–Crippen LogP) is 5.71. The molecule has 9 heteroatoms. The van der Waals surface area contributed by atoms with Crippen molar-refractivity contribution in [2.75, 3.05) is 0 Å². The van der Waals surface area contributed by atoms with Crippen LogP contribution in [0.1, 0.15) is 17.0 Å². The minimum absolute atomic E-state index is 0.00762. The topological polar surface area (TPSA) is 117 Å². The highest BCUT2D eigenvalue weighted by Crippen LogP contribution is 2.27. The lowest BCUT2D eigenvalue weighted by Gasteiger charge is -2.22. The summed E-state index contributed by atoms with van der Waals surface area (Å²) < 4.78 is 0. The zero-order valence-corrected chi connectivity index (χ0v) is 18.2. The summed E-state index contributed by atoms with van der Waals surface area (Å²) in [6.45, 7) is 1.59. The van der Waals surface area contributed by atoms with Gasteiger partial charge in [0.2, 0.25) is 0 Å². The average Bonchev–Trinajstić information content (AvgIpc) is 2.86. The molecule has 4 rings (SSSR count). The molecule has 0 aliphatic heterocycles. The summed E-state index contributed by atoms with van der Waals surface area (Å²) in [5.74, 6) is 0.154. The van der Waals surface area contributed by atoms with Crippen LogP contribution >= 0.6 is 0 Å². The maximum absolute atomic E-state index is 10.8. The van der Waals surface area contributed by atoms with Gasteiger partial charge in [-0.05, 0) is 54.6 Å². The van der Waals surface area contributed by atoms with Crippen LogP contribution < -0.4 is 0 Å². The van der Waals surface area contributed by atoms with Gasteiger partial charge in [0.1, 0.15) is 5.75 Å². The summed E-state index contributed by atoms with van der Waals surface area (Å²) in [6, 6.07) is 22.4. The summed E-state index contributed by atoms with van der Waals surface area (Å²) in [5, 5.41) is 29.7. The Balaban J connectivity index is 1.53. The van der Waals surface area contributed by atoms with Gasteiger partial charge < -0.3 is 5.11 Å². The molecule has 2 aromatic heterocycles. The van der Waals surface area contributed by atoms with E-state index >= 15 is 0 Å². The van der Waals surface area contributed by atoms with E-state index in [0.29, 0.717) is 36.6 Å². The lowest BCUT2D eigenvalue weighted by molar-refractivity contribution is -0.384. The standard InChI is InChI=1S/C25H22N6O3/c32-25-12-9-21(29-28-20-7-10-24(11-8-20)31(33)34)15-19(25)16-30(17-22-5-1-3-13-26-22)18-23-6-2-4-14-27-23/h1-15,32H,16-18H2/b29-28+. The fourth-order valence-electron chi connectivity index (χ4n) is 3.37. The molecule has 0 radical (unpaired) electrons. The maximum atomic E-state index is 10.8. The van der Waals surface area contributed by atoms with Crippen LogP contribution in [0.15, 0.2) is 101 Å². The number of phenolic OH excluding ortho intramolecular Hbond substituents is 1. The number of pyridine rings is 2. The largest absolute Gasteiger partial charge is 0.508 e. The molecule has 34 heavy (non-hydrogen) atoms. The molecule has 4 aromatic rings. The third kappa shape index (κ3) is 6.27. The number of hydrogen-bond donors (Lipinski definition) is 1. The van der Waals surface area contributed by atoms with E-state index in [9.17, 15) is 15.2 Å².